The van der Waals surface area contributed by atoms with Gasteiger partial charge in [0.25, 0.3) is 0 Å². The van der Waals surface area contributed by atoms with Gasteiger partial charge in [-0.2, -0.15) is 0 Å². The number of carbonyl (C=O) groups excluding carboxylic acids is 2. The van der Waals surface area contributed by atoms with E-state index in [1.807, 2.05) is 0 Å². The minimum Gasteiger partial charge on any atom is -0.290 e. The first-order chi connectivity index (χ1) is 8.00. The molecule has 86 valence electrons. The molecule has 0 saturated heterocycles. The van der Waals surface area contributed by atoms with Crippen LogP contribution in [0.15, 0.2) is 41.5 Å². The molecule has 2 nitrogen and oxygen atoms in total. The Morgan fingerprint density at radius 1 is 0.941 bits per heavy atom. The number of Topliss-reactive ketones (excluding diaryl/α,β-unsaturated/α-hetero) is 1. The van der Waals surface area contributed by atoms with Crippen molar-refractivity contribution in [3.63, 3.8) is 0 Å². The molecule has 0 radical (unpaired) electrons. The number of carbonyl (C=O) groups is 2. The van der Waals surface area contributed by atoms with E-state index in [9.17, 15) is 14.0 Å². The predicted octanol–water partition coefficient (Wildman–Crippen LogP) is 2.70. The van der Waals surface area contributed by atoms with Gasteiger partial charge in [-0.25, -0.2) is 4.39 Å². The Morgan fingerprint density at radius 2 is 1.53 bits per heavy atom. The summed E-state index contributed by atoms with van der Waals surface area (Å²) in [5.74, 6) is -0.706. The normalized spacial score (nSPS) is 16.3. The lowest BCUT2D eigenvalue weighted by molar-refractivity contribution is -0.114. The van der Waals surface area contributed by atoms with Crippen LogP contribution in [0.25, 0.3) is 5.57 Å². The van der Waals surface area contributed by atoms with Crippen LogP contribution in [0, 0.1) is 5.82 Å². The summed E-state index contributed by atoms with van der Waals surface area (Å²) in [5.41, 5.74) is 1.83. The van der Waals surface area contributed by atoms with Gasteiger partial charge in [0.2, 0.25) is 0 Å². The van der Waals surface area contributed by atoms with E-state index in [1.54, 1.807) is 13.8 Å². The third kappa shape index (κ3) is 1.96. The van der Waals surface area contributed by atoms with Gasteiger partial charge in [-0.15, -0.1) is 0 Å². The molecular weight excluding hydrogens is 219 g/mol. The lowest BCUT2D eigenvalue weighted by atomic mass is 9.88. The number of hydrogen-bond donors (Lipinski definition) is 0. The molecular formula is C14H11FO2. The zero-order chi connectivity index (χ0) is 12.6. The average Bonchev–Trinajstić information content (AvgIpc) is 2.32. The molecule has 0 N–H and O–H groups in total. The minimum absolute atomic E-state index is 0.165. The highest BCUT2D eigenvalue weighted by atomic mass is 19.1. The van der Waals surface area contributed by atoms with E-state index in [0.29, 0.717) is 22.3 Å². The maximum absolute atomic E-state index is 12.8. The molecule has 0 unspecified atom stereocenters. The predicted molar refractivity (Wildman–Crippen MR) is 62.8 cm³/mol. The summed E-state index contributed by atoms with van der Waals surface area (Å²) < 4.78 is 12.8. The molecule has 17 heavy (non-hydrogen) atoms. The van der Waals surface area contributed by atoms with Crippen LogP contribution in [0.4, 0.5) is 4.39 Å². The van der Waals surface area contributed by atoms with Crippen molar-refractivity contribution in [1.29, 1.82) is 0 Å². The summed E-state index contributed by atoms with van der Waals surface area (Å²) in [6.07, 6.45) is 1.32. The van der Waals surface area contributed by atoms with Crippen molar-refractivity contribution in [2.45, 2.75) is 13.8 Å². The second-order valence-electron chi connectivity index (χ2n) is 4.01. The maximum Gasteiger partial charge on any atom is 0.189 e. The standard InChI is InChI=1S/C14H11FO2/c1-8-9(2)14(17)12(7-13(8)16)10-3-5-11(15)6-4-10/h3-7H,1-2H3. The minimum atomic E-state index is -0.368. The highest BCUT2D eigenvalue weighted by Gasteiger charge is 2.23. The van der Waals surface area contributed by atoms with Crippen LogP contribution in [-0.2, 0) is 9.59 Å². The highest BCUT2D eigenvalue weighted by molar-refractivity contribution is 6.37. The summed E-state index contributed by atoms with van der Waals surface area (Å²) in [4.78, 5) is 23.6. The second-order valence-corrected chi connectivity index (χ2v) is 4.01. The smallest absolute Gasteiger partial charge is 0.189 e. The Labute approximate surface area is 98.5 Å². The van der Waals surface area contributed by atoms with Gasteiger partial charge in [-0.1, -0.05) is 12.1 Å². The van der Waals surface area contributed by atoms with E-state index in [1.165, 1.54) is 30.3 Å². The first-order valence-corrected chi connectivity index (χ1v) is 5.25. The summed E-state index contributed by atoms with van der Waals surface area (Å²) in [5, 5.41) is 0. The molecule has 0 aliphatic heterocycles. The molecule has 1 aliphatic carbocycles. The van der Waals surface area contributed by atoms with Crippen LogP contribution < -0.4 is 0 Å². The van der Waals surface area contributed by atoms with Gasteiger partial charge in [0.05, 0.1) is 0 Å². The average molecular weight is 230 g/mol. The molecule has 2 rings (SSSR count). The van der Waals surface area contributed by atoms with Crippen LogP contribution in [0.2, 0.25) is 0 Å². The number of rotatable bonds is 1. The van der Waals surface area contributed by atoms with Crippen molar-refractivity contribution in [2.24, 2.45) is 0 Å². The van der Waals surface area contributed by atoms with Gasteiger partial charge in [0.15, 0.2) is 11.6 Å². The number of benzene rings is 1. The molecule has 0 saturated carbocycles. The maximum atomic E-state index is 12.8. The van der Waals surface area contributed by atoms with E-state index < -0.39 is 0 Å². The molecule has 0 spiro atoms. The Hall–Kier alpha value is -2.03. The molecule has 0 fully saturated rings. The summed E-state index contributed by atoms with van der Waals surface area (Å²) in [7, 11) is 0. The summed E-state index contributed by atoms with van der Waals surface area (Å²) in [6.45, 7) is 3.26. The van der Waals surface area contributed by atoms with Crippen molar-refractivity contribution < 1.29 is 14.0 Å². The lowest BCUT2D eigenvalue weighted by Crippen LogP contribution is -2.15. The van der Waals surface area contributed by atoms with Gasteiger partial charge >= 0.3 is 0 Å². The van der Waals surface area contributed by atoms with Gasteiger partial charge in [-0.3, -0.25) is 9.59 Å². The Morgan fingerprint density at radius 3 is 2.12 bits per heavy atom. The second kappa shape index (κ2) is 4.09. The SMILES string of the molecule is CC1=C(C)C(=O)C(c2ccc(F)cc2)=CC1=O. The number of allylic oxidation sites excluding steroid dienone is 4. The molecule has 1 aliphatic rings. The van der Waals surface area contributed by atoms with Gasteiger partial charge < -0.3 is 0 Å². The monoisotopic (exact) mass is 230 g/mol. The largest absolute Gasteiger partial charge is 0.290 e. The van der Waals surface area contributed by atoms with E-state index in [-0.39, 0.29) is 17.4 Å². The fourth-order valence-corrected chi connectivity index (χ4v) is 1.71. The molecule has 0 bridgehead atoms. The van der Waals surface area contributed by atoms with Crippen molar-refractivity contribution >= 4 is 17.1 Å². The van der Waals surface area contributed by atoms with Crippen LogP contribution in [0.5, 0.6) is 0 Å². The topological polar surface area (TPSA) is 34.1 Å². The van der Waals surface area contributed by atoms with Gasteiger partial charge in [0.1, 0.15) is 5.82 Å². The zero-order valence-electron chi connectivity index (χ0n) is 9.58. The van der Waals surface area contributed by atoms with Crippen LogP contribution in [0.1, 0.15) is 19.4 Å². The van der Waals surface area contributed by atoms with Gasteiger partial charge in [0, 0.05) is 16.7 Å². The Bertz CT molecular complexity index is 562. The van der Waals surface area contributed by atoms with E-state index in [2.05, 4.69) is 0 Å². The first kappa shape index (κ1) is 11.5. The quantitative estimate of drug-likeness (QED) is 0.695. The molecule has 0 aromatic heterocycles. The molecule has 1 aromatic carbocycles. The van der Waals surface area contributed by atoms with Crippen molar-refractivity contribution in [3.8, 4) is 0 Å². The Balaban J connectivity index is 2.48. The molecule has 0 heterocycles. The van der Waals surface area contributed by atoms with E-state index in [0.717, 1.165) is 0 Å². The van der Waals surface area contributed by atoms with Crippen LogP contribution in [0.3, 0.4) is 0 Å². The van der Waals surface area contributed by atoms with Crippen molar-refractivity contribution in [2.75, 3.05) is 0 Å². The first-order valence-electron chi connectivity index (χ1n) is 5.25. The number of ketones is 2. The lowest BCUT2D eigenvalue weighted by Gasteiger charge is -2.14. The van der Waals surface area contributed by atoms with Gasteiger partial charge in [-0.05, 0) is 37.6 Å². The molecule has 0 atom stereocenters. The van der Waals surface area contributed by atoms with Crippen molar-refractivity contribution in [3.05, 3.63) is 52.9 Å². The molecule has 1 aromatic rings. The van der Waals surface area contributed by atoms with Crippen LogP contribution in [-0.4, -0.2) is 11.6 Å². The zero-order valence-corrected chi connectivity index (χ0v) is 9.58. The third-order valence-electron chi connectivity index (χ3n) is 2.95. The van der Waals surface area contributed by atoms with E-state index in [4.69, 9.17) is 0 Å². The molecule has 0 amide bonds. The third-order valence-corrected chi connectivity index (χ3v) is 2.95. The fourth-order valence-electron chi connectivity index (χ4n) is 1.71. The van der Waals surface area contributed by atoms with Crippen molar-refractivity contribution in [1.82, 2.24) is 0 Å². The highest BCUT2D eigenvalue weighted by Crippen LogP contribution is 2.26. The van der Waals surface area contributed by atoms with E-state index >= 15 is 0 Å². The Kier molecular flexibility index (Phi) is 2.76. The molecule has 3 heteroatoms. The van der Waals surface area contributed by atoms with Crippen LogP contribution >= 0.6 is 0 Å². The fraction of sp³-hybridized carbons (Fsp3) is 0.143. The summed E-state index contributed by atoms with van der Waals surface area (Å²) >= 11 is 0. The number of halogens is 1. The summed E-state index contributed by atoms with van der Waals surface area (Å²) in [6, 6.07) is 5.55. The number of hydrogen-bond acceptors (Lipinski definition) is 2.